The maximum Gasteiger partial charge on any atom is 0.424 e. The molecule has 1 aliphatic heterocycles. The predicted octanol–water partition coefficient (Wildman–Crippen LogP) is 12.2. The summed E-state index contributed by atoms with van der Waals surface area (Å²) in [6.45, 7) is 19.4. The molecule has 0 fully saturated rings. The maximum absolute atomic E-state index is 14.6. The van der Waals surface area contributed by atoms with Crippen molar-refractivity contribution in [1.82, 2.24) is 0 Å². The Hall–Kier alpha value is -5.50. The number of hydrogen-bond acceptors (Lipinski definition) is 6. The van der Waals surface area contributed by atoms with Crippen LogP contribution in [0.15, 0.2) is 72.8 Å². The molecular weight excluding hydrogens is 677 g/mol. The molecular formula is C46H48N2O6. The van der Waals surface area contributed by atoms with Crippen LogP contribution in [0.1, 0.15) is 126 Å². The summed E-state index contributed by atoms with van der Waals surface area (Å²) in [4.78, 5) is 59.5. The number of carbonyl (C=O) groups excluding carboxylic acids is 4. The van der Waals surface area contributed by atoms with Gasteiger partial charge >= 0.3 is 12.2 Å². The number of ether oxygens (including phenoxy) is 2. The highest BCUT2D eigenvalue weighted by molar-refractivity contribution is 6.43. The number of nitrogens with zero attached hydrogens (tertiary/aromatic N) is 2. The van der Waals surface area contributed by atoms with Crippen LogP contribution >= 0.6 is 0 Å². The van der Waals surface area contributed by atoms with Gasteiger partial charge in [0, 0.05) is 21.9 Å². The van der Waals surface area contributed by atoms with E-state index in [9.17, 15) is 19.2 Å². The summed E-state index contributed by atoms with van der Waals surface area (Å²) in [5, 5.41) is 6.39. The summed E-state index contributed by atoms with van der Waals surface area (Å²) in [6.07, 6.45) is -0.559. The highest BCUT2D eigenvalue weighted by atomic mass is 16.6. The van der Waals surface area contributed by atoms with Crippen LogP contribution in [0.2, 0.25) is 0 Å². The summed E-state index contributed by atoms with van der Waals surface area (Å²) in [7, 11) is 0. The van der Waals surface area contributed by atoms with Gasteiger partial charge in [0.2, 0.25) is 0 Å². The first-order valence-corrected chi connectivity index (χ1v) is 19.0. The lowest BCUT2D eigenvalue weighted by molar-refractivity contribution is 0.0271. The van der Waals surface area contributed by atoms with Crippen molar-refractivity contribution in [3.05, 3.63) is 95.1 Å². The SMILES string of the molecule is CCC(C)(C)OC(=O)N(C(=O)OC(C)(C)CC)c1ccc2c3ccc4c5c(ccc(c6cccc1c62)c53)C(=O)N(c1c(C(C)C)cccc1C(C)C)C4=O. The minimum Gasteiger partial charge on any atom is -0.443 e. The molecule has 1 heterocycles. The van der Waals surface area contributed by atoms with Crippen molar-refractivity contribution in [3.8, 4) is 0 Å². The Morgan fingerprint density at radius 2 is 1.02 bits per heavy atom. The smallest absolute Gasteiger partial charge is 0.424 e. The molecule has 0 unspecified atom stereocenters. The summed E-state index contributed by atoms with van der Waals surface area (Å²) < 4.78 is 11.8. The number of imide groups is 2. The van der Waals surface area contributed by atoms with Gasteiger partial charge in [-0.1, -0.05) is 96.1 Å². The fraction of sp³-hybridized carbons (Fsp3) is 0.348. The van der Waals surface area contributed by atoms with Crippen LogP contribution < -0.4 is 9.80 Å². The molecule has 6 aromatic carbocycles. The van der Waals surface area contributed by atoms with Gasteiger partial charge in [-0.15, -0.1) is 0 Å². The van der Waals surface area contributed by atoms with Crippen LogP contribution in [0.25, 0.3) is 43.1 Å². The third kappa shape index (κ3) is 5.74. The molecule has 0 spiro atoms. The zero-order chi connectivity index (χ0) is 39.0. The quantitative estimate of drug-likeness (QED) is 0.0881. The van der Waals surface area contributed by atoms with E-state index in [0.29, 0.717) is 46.1 Å². The van der Waals surface area contributed by atoms with E-state index in [1.807, 2.05) is 80.6 Å². The zero-order valence-electron chi connectivity index (χ0n) is 32.8. The van der Waals surface area contributed by atoms with Crippen molar-refractivity contribution >= 4 is 78.5 Å². The first kappa shape index (κ1) is 36.8. The molecule has 0 aliphatic carbocycles. The minimum absolute atomic E-state index is 0.0915. The summed E-state index contributed by atoms with van der Waals surface area (Å²) in [5.41, 5.74) is 2.20. The summed E-state index contributed by atoms with van der Waals surface area (Å²) in [5.74, 6) is -0.505. The third-order valence-corrected chi connectivity index (χ3v) is 11.2. The van der Waals surface area contributed by atoms with Crippen LogP contribution in [0.4, 0.5) is 21.0 Å². The Labute approximate surface area is 316 Å². The van der Waals surface area contributed by atoms with Gasteiger partial charge in [0.15, 0.2) is 0 Å². The molecule has 1 aliphatic rings. The van der Waals surface area contributed by atoms with Gasteiger partial charge in [0.05, 0.1) is 11.4 Å². The van der Waals surface area contributed by atoms with Crippen LogP contribution in [-0.4, -0.2) is 35.2 Å². The number of carbonyl (C=O) groups is 4. The average molecular weight is 725 g/mol. The fourth-order valence-electron chi connectivity index (χ4n) is 7.62. The second-order valence-electron chi connectivity index (χ2n) is 16.3. The molecule has 6 aromatic rings. The number of para-hydroxylation sites is 1. The molecule has 0 atom stereocenters. The standard InChI is InChI=1S/C46H48N2O6/c1-11-45(7,8)53-43(51)47(44(52)54-46(9,10)12-2)36-24-23-30-32-20-22-35-39-34(21-19-31(38(32)39)29-17-14-18-33(36)37(29)30)41(49)48(42(35)50)40-27(25(3)4)15-13-16-28(40)26(5)6/h13-26H,11-12H2,1-10H3. The Kier molecular flexibility index (Phi) is 8.95. The lowest BCUT2D eigenvalue weighted by atomic mass is 9.83. The van der Waals surface area contributed by atoms with E-state index >= 15 is 0 Å². The lowest BCUT2D eigenvalue weighted by Crippen LogP contribution is -2.44. The number of hydrogen-bond donors (Lipinski definition) is 0. The second-order valence-corrected chi connectivity index (χ2v) is 16.3. The first-order chi connectivity index (χ1) is 25.5. The van der Waals surface area contributed by atoms with Gasteiger partial charge in [-0.05, 0) is 114 Å². The van der Waals surface area contributed by atoms with Crippen molar-refractivity contribution in [3.63, 3.8) is 0 Å². The third-order valence-electron chi connectivity index (χ3n) is 11.2. The van der Waals surface area contributed by atoms with E-state index in [1.165, 1.54) is 4.90 Å². The molecule has 0 bridgehead atoms. The van der Waals surface area contributed by atoms with Gasteiger partial charge in [-0.3, -0.25) is 9.59 Å². The number of fused-ring (bicyclic) bond motifs is 2. The van der Waals surface area contributed by atoms with Crippen LogP contribution in [0, 0.1) is 0 Å². The molecule has 8 nitrogen and oxygen atoms in total. The number of anilines is 2. The Balaban J connectivity index is 1.46. The number of amides is 4. The maximum atomic E-state index is 14.6. The lowest BCUT2D eigenvalue weighted by Gasteiger charge is -2.33. The van der Waals surface area contributed by atoms with E-state index in [2.05, 4.69) is 27.7 Å². The molecule has 0 saturated carbocycles. The Bertz CT molecular complexity index is 2400. The van der Waals surface area contributed by atoms with Gasteiger partial charge in [0.1, 0.15) is 11.2 Å². The molecule has 278 valence electrons. The molecule has 7 rings (SSSR count). The highest BCUT2D eigenvalue weighted by Crippen LogP contribution is 2.47. The molecule has 0 radical (unpaired) electrons. The van der Waals surface area contributed by atoms with E-state index in [-0.39, 0.29) is 23.7 Å². The number of benzene rings is 6. The van der Waals surface area contributed by atoms with Crippen molar-refractivity contribution in [2.24, 2.45) is 0 Å². The van der Waals surface area contributed by atoms with Crippen LogP contribution in [0.5, 0.6) is 0 Å². The second kappa shape index (κ2) is 13.1. The Morgan fingerprint density at radius 3 is 1.50 bits per heavy atom. The normalized spacial score (nSPS) is 13.7. The zero-order valence-corrected chi connectivity index (χ0v) is 32.8. The van der Waals surface area contributed by atoms with E-state index in [1.54, 1.807) is 33.8 Å². The molecule has 8 heteroatoms. The predicted molar refractivity (Wildman–Crippen MR) is 218 cm³/mol. The molecule has 54 heavy (non-hydrogen) atoms. The highest BCUT2D eigenvalue weighted by Gasteiger charge is 2.39. The summed E-state index contributed by atoms with van der Waals surface area (Å²) >= 11 is 0. The fourth-order valence-corrected chi connectivity index (χ4v) is 7.62. The van der Waals surface area contributed by atoms with Crippen molar-refractivity contribution in [2.45, 2.75) is 105 Å². The van der Waals surface area contributed by atoms with Crippen molar-refractivity contribution in [1.29, 1.82) is 0 Å². The van der Waals surface area contributed by atoms with Gasteiger partial charge in [-0.2, -0.15) is 4.90 Å². The van der Waals surface area contributed by atoms with Gasteiger partial charge in [0.25, 0.3) is 11.8 Å². The van der Waals surface area contributed by atoms with Gasteiger partial charge < -0.3 is 9.47 Å². The molecule has 4 amide bonds. The average Bonchev–Trinajstić information content (AvgIpc) is 3.13. The Morgan fingerprint density at radius 1 is 0.593 bits per heavy atom. The molecule has 0 N–H and O–H groups in total. The monoisotopic (exact) mass is 724 g/mol. The van der Waals surface area contributed by atoms with Crippen LogP contribution in [-0.2, 0) is 9.47 Å². The van der Waals surface area contributed by atoms with Gasteiger partial charge in [-0.25, -0.2) is 14.5 Å². The van der Waals surface area contributed by atoms with Crippen LogP contribution in [0.3, 0.4) is 0 Å². The van der Waals surface area contributed by atoms with E-state index in [0.717, 1.165) is 48.3 Å². The summed E-state index contributed by atoms with van der Waals surface area (Å²) in [6, 6.07) is 23.0. The first-order valence-electron chi connectivity index (χ1n) is 19.0. The van der Waals surface area contributed by atoms with Crippen molar-refractivity contribution in [2.75, 3.05) is 9.80 Å². The molecule has 0 saturated heterocycles. The largest absolute Gasteiger partial charge is 0.443 e. The minimum atomic E-state index is -0.825. The van der Waals surface area contributed by atoms with E-state index < -0.39 is 23.4 Å². The van der Waals surface area contributed by atoms with E-state index in [4.69, 9.17) is 9.47 Å². The van der Waals surface area contributed by atoms with Crippen molar-refractivity contribution < 1.29 is 28.7 Å². The molecule has 0 aromatic heterocycles. The topological polar surface area (TPSA) is 93.2 Å². The number of rotatable bonds is 8.